The molecule has 1 aliphatic heterocycles. The second-order valence-corrected chi connectivity index (χ2v) is 11.8. The molecular weight excluding hydrogens is 392 g/mol. The molecule has 0 atom stereocenters. The zero-order valence-electron chi connectivity index (χ0n) is 17.9. The average molecular weight is 423 g/mol. The van der Waals surface area contributed by atoms with Crippen molar-refractivity contribution in [2.45, 2.75) is 75.0 Å². The topological polar surface area (TPSA) is 59.8 Å². The van der Waals surface area contributed by atoms with Crippen LogP contribution < -0.4 is 5.32 Å². The van der Waals surface area contributed by atoms with Gasteiger partial charge in [0.05, 0.1) is 5.75 Å². The highest BCUT2D eigenvalue weighted by atomic mass is 32.2. The molecule has 4 bridgehead atoms. The molecule has 1 amide bonds. The second-order valence-electron chi connectivity index (χ2n) is 10.8. The summed E-state index contributed by atoms with van der Waals surface area (Å²) in [4.78, 5) is 13.0. The van der Waals surface area contributed by atoms with Gasteiger partial charge in [-0.3, -0.25) is 9.36 Å². The molecule has 0 spiro atoms. The number of thioether (sulfide) groups is 1. The van der Waals surface area contributed by atoms with Crippen molar-refractivity contribution in [3.63, 3.8) is 0 Å². The van der Waals surface area contributed by atoms with Gasteiger partial charge in [-0.25, -0.2) is 0 Å². The van der Waals surface area contributed by atoms with E-state index in [1.807, 2.05) is 0 Å². The van der Waals surface area contributed by atoms with E-state index in [1.54, 1.807) is 0 Å². The van der Waals surface area contributed by atoms with Crippen LogP contribution in [0.5, 0.6) is 0 Å². The largest absolute Gasteiger partial charge is 0.350 e. The number of fused-ring (bicyclic) bond motifs is 3. The highest BCUT2D eigenvalue weighted by Gasteiger charge is 2.51. The lowest BCUT2D eigenvalue weighted by molar-refractivity contribution is -0.124. The predicted octanol–water partition coefficient (Wildman–Crippen LogP) is 4.41. The molecule has 0 unspecified atom stereocenters. The average Bonchev–Trinajstić information content (AvgIpc) is 3.10. The van der Waals surface area contributed by atoms with Crippen LogP contribution in [-0.2, 0) is 16.8 Å². The summed E-state index contributed by atoms with van der Waals surface area (Å²) >= 11 is 1.53. The summed E-state index contributed by atoms with van der Waals surface area (Å²) in [5.41, 5.74) is 2.45. The number of amides is 1. The van der Waals surface area contributed by atoms with E-state index in [9.17, 15) is 4.79 Å². The molecule has 0 radical (unpaired) electrons. The Balaban J connectivity index is 1.19. The monoisotopic (exact) mass is 422 g/mol. The molecule has 1 aromatic heterocycles. The summed E-state index contributed by atoms with van der Waals surface area (Å²) in [5, 5.41) is 13.3. The molecule has 1 N–H and O–H groups in total. The lowest BCUT2D eigenvalue weighted by atomic mass is 9.53. The van der Waals surface area contributed by atoms with Gasteiger partial charge in [-0.15, -0.1) is 10.2 Å². The third kappa shape index (κ3) is 3.02. The molecule has 6 heteroatoms. The van der Waals surface area contributed by atoms with Crippen molar-refractivity contribution in [2.75, 3.05) is 5.75 Å². The third-order valence-electron chi connectivity index (χ3n) is 7.90. The first-order valence-corrected chi connectivity index (χ1v) is 12.4. The second kappa shape index (κ2) is 6.59. The number of hydrogen-bond acceptors (Lipinski definition) is 4. The van der Waals surface area contributed by atoms with Crippen molar-refractivity contribution < 1.29 is 4.79 Å². The van der Waals surface area contributed by atoms with E-state index >= 15 is 0 Å². The maximum Gasteiger partial charge on any atom is 0.230 e. The Morgan fingerprint density at radius 3 is 2.47 bits per heavy atom. The van der Waals surface area contributed by atoms with Crippen LogP contribution >= 0.6 is 11.8 Å². The summed E-state index contributed by atoms with van der Waals surface area (Å²) in [6.45, 7) is 4.46. The molecular formula is C24H30N4OS. The minimum atomic E-state index is -0.105. The molecule has 1 aromatic carbocycles. The fraction of sp³-hybridized carbons (Fsp3) is 0.625. The van der Waals surface area contributed by atoms with Crippen molar-refractivity contribution in [1.29, 1.82) is 0 Å². The van der Waals surface area contributed by atoms with Gasteiger partial charge in [0, 0.05) is 16.6 Å². The smallest absolute Gasteiger partial charge is 0.230 e. The Hall–Kier alpha value is -1.82. The molecule has 4 fully saturated rings. The molecule has 2 aromatic rings. The number of aromatic nitrogens is 3. The Bertz CT molecular complexity index is 975. The van der Waals surface area contributed by atoms with Gasteiger partial charge in [0.25, 0.3) is 0 Å². The van der Waals surface area contributed by atoms with E-state index in [-0.39, 0.29) is 17.0 Å². The number of rotatable bonds is 4. The highest BCUT2D eigenvalue weighted by molar-refractivity contribution is 7.99. The molecule has 0 saturated heterocycles. The molecule has 7 rings (SSSR count). The highest BCUT2D eigenvalue weighted by Crippen LogP contribution is 2.55. The number of benzene rings is 1. The van der Waals surface area contributed by atoms with Crippen LogP contribution in [0.15, 0.2) is 29.4 Å². The lowest BCUT2D eigenvalue weighted by Gasteiger charge is -2.56. The quantitative estimate of drug-likeness (QED) is 0.742. The summed E-state index contributed by atoms with van der Waals surface area (Å²) in [6.07, 6.45) is 8.71. The Morgan fingerprint density at radius 2 is 1.77 bits per heavy atom. The normalized spacial score (nSPS) is 32.5. The molecule has 5 aliphatic rings. The number of nitrogens with one attached hydrogen (secondary N) is 1. The zero-order chi connectivity index (χ0) is 20.5. The van der Waals surface area contributed by atoms with Crippen LogP contribution in [0.3, 0.4) is 0 Å². The van der Waals surface area contributed by atoms with E-state index in [1.165, 1.54) is 55.9 Å². The predicted molar refractivity (Wildman–Crippen MR) is 118 cm³/mol. The van der Waals surface area contributed by atoms with Gasteiger partial charge in [-0.1, -0.05) is 36.0 Å². The van der Waals surface area contributed by atoms with Gasteiger partial charge in [-0.2, -0.15) is 0 Å². The van der Waals surface area contributed by atoms with Gasteiger partial charge >= 0.3 is 0 Å². The van der Waals surface area contributed by atoms with Crippen LogP contribution in [0, 0.1) is 17.8 Å². The first-order valence-electron chi connectivity index (χ1n) is 11.4. The Morgan fingerprint density at radius 1 is 1.10 bits per heavy atom. The van der Waals surface area contributed by atoms with Gasteiger partial charge < -0.3 is 5.32 Å². The molecule has 2 heterocycles. The van der Waals surface area contributed by atoms with E-state index in [0.717, 1.165) is 40.7 Å². The number of carbonyl (C=O) groups is 1. The molecule has 158 valence electrons. The van der Waals surface area contributed by atoms with E-state index in [4.69, 9.17) is 0 Å². The molecule has 30 heavy (non-hydrogen) atoms. The summed E-state index contributed by atoms with van der Waals surface area (Å²) in [5.74, 6) is 4.02. The number of hydrogen-bond donors (Lipinski definition) is 1. The minimum absolute atomic E-state index is 0.0782. The summed E-state index contributed by atoms with van der Waals surface area (Å²) in [6, 6.07) is 8.45. The van der Waals surface area contributed by atoms with Crippen LogP contribution in [-0.4, -0.2) is 32.0 Å². The van der Waals surface area contributed by atoms with E-state index in [0.29, 0.717) is 5.75 Å². The Kier molecular flexibility index (Phi) is 4.15. The van der Waals surface area contributed by atoms with Crippen molar-refractivity contribution in [3.8, 4) is 11.4 Å². The third-order valence-corrected chi connectivity index (χ3v) is 8.82. The van der Waals surface area contributed by atoms with Crippen LogP contribution in [0.2, 0.25) is 0 Å². The maximum atomic E-state index is 13.0. The minimum Gasteiger partial charge on any atom is -0.350 e. The van der Waals surface area contributed by atoms with Crippen LogP contribution in [0.4, 0.5) is 0 Å². The van der Waals surface area contributed by atoms with Gasteiger partial charge in [-0.05, 0) is 82.1 Å². The van der Waals surface area contributed by atoms with Crippen molar-refractivity contribution in [2.24, 2.45) is 17.8 Å². The molecule has 4 aliphatic carbocycles. The SMILES string of the molecule is CC1(C)Cc2ccccc2-c2nnc(SCC(=O)NC34CC5CC(CC(C5)C3)C4)n21. The van der Waals surface area contributed by atoms with Crippen molar-refractivity contribution in [3.05, 3.63) is 29.8 Å². The van der Waals surface area contributed by atoms with Crippen LogP contribution in [0.25, 0.3) is 11.4 Å². The van der Waals surface area contributed by atoms with Gasteiger partial charge in [0.15, 0.2) is 11.0 Å². The van der Waals surface area contributed by atoms with Crippen LogP contribution in [0.1, 0.15) is 57.9 Å². The Labute approximate surface area is 182 Å². The lowest BCUT2D eigenvalue weighted by Crippen LogP contribution is -2.60. The standard InChI is InChI=1S/C24H30N4OS/c1-23(2)13-18-5-3-4-6-19(18)21-26-27-22(28(21)23)30-14-20(29)25-24-10-15-7-16(11-24)9-17(8-15)12-24/h3-6,15-17H,7-14H2,1-2H3,(H,25,29). The molecule has 4 saturated carbocycles. The van der Waals surface area contributed by atoms with Crippen molar-refractivity contribution in [1.82, 2.24) is 20.1 Å². The van der Waals surface area contributed by atoms with E-state index in [2.05, 4.69) is 58.2 Å². The van der Waals surface area contributed by atoms with Gasteiger partial charge in [0.1, 0.15) is 0 Å². The first-order chi connectivity index (χ1) is 14.4. The first kappa shape index (κ1) is 18.9. The van der Waals surface area contributed by atoms with E-state index < -0.39 is 0 Å². The summed E-state index contributed by atoms with van der Waals surface area (Å²) < 4.78 is 2.23. The zero-order valence-corrected chi connectivity index (χ0v) is 18.7. The summed E-state index contributed by atoms with van der Waals surface area (Å²) in [7, 11) is 0. The van der Waals surface area contributed by atoms with Crippen molar-refractivity contribution >= 4 is 17.7 Å². The number of carbonyl (C=O) groups excluding carboxylic acids is 1. The fourth-order valence-electron chi connectivity index (χ4n) is 7.25. The fourth-order valence-corrected chi connectivity index (χ4v) is 8.14. The molecule has 5 nitrogen and oxygen atoms in total. The van der Waals surface area contributed by atoms with Gasteiger partial charge in [0.2, 0.25) is 5.91 Å². The number of nitrogens with zero attached hydrogens (tertiary/aromatic N) is 3. The maximum absolute atomic E-state index is 13.0.